The van der Waals surface area contributed by atoms with Crippen molar-refractivity contribution in [3.8, 4) is 0 Å². The minimum absolute atomic E-state index is 0.00553. The van der Waals surface area contributed by atoms with Crippen LogP contribution in [0.1, 0.15) is 18.9 Å². The van der Waals surface area contributed by atoms with Gasteiger partial charge in [0.05, 0.1) is 12.4 Å². The second-order valence-corrected chi connectivity index (χ2v) is 4.91. The molecule has 1 N–H and O–H groups in total. The zero-order valence-corrected chi connectivity index (χ0v) is 9.48. The monoisotopic (exact) mass is 250 g/mol. The van der Waals surface area contributed by atoms with Gasteiger partial charge >= 0.3 is 0 Å². The van der Waals surface area contributed by atoms with Crippen molar-refractivity contribution < 1.29 is 22.1 Å². The molecule has 0 aliphatic carbocycles. The lowest BCUT2D eigenvalue weighted by atomic mass is 10.2. The molecular formula is C8H11FN2O4S. The molecule has 1 aromatic heterocycles. The van der Waals surface area contributed by atoms with E-state index in [2.05, 4.69) is 9.97 Å². The van der Waals surface area contributed by atoms with Crippen molar-refractivity contribution in [2.24, 2.45) is 0 Å². The van der Waals surface area contributed by atoms with Crippen LogP contribution in [0.25, 0.3) is 0 Å². The molecule has 1 aromatic rings. The molecular weight excluding hydrogens is 239 g/mol. The van der Waals surface area contributed by atoms with Crippen LogP contribution in [0.3, 0.4) is 0 Å². The van der Waals surface area contributed by atoms with Crippen LogP contribution in [0.2, 0.25) is 0 Å². The molecule has 16 heavy (non-hydrogen) atoms. The molecule has 0 bridgehead atoms. The zero-order valence-electron chi connectivity index (χ0n) is 8.66. The Morgan fingerprint density at radius 3 is 2.31 bits per heavy atom. The SMILES string of the molecule is COC(c1ncc(F)cn1)C(C)S(=O)(=O)O. The highest BCUT2D eigenvalue weighted by Crippen LogP contribution is 2.21. The van der Waals surface area contributed by atoms with Crippen molar-refractivity contribution in [1.29, 1.82) is 0 Å². The van der Waals surface area contributed by atoms with E-state index in [1.54, 1.807) is 0 Å². The Balaban J connectivity index is 3.03. The van der Waals surface area contributed by atoms with E-state index >= 15 is 0 Å². The average molecular weight is 250 g/mol. The van der Waals surface area contributed by atoms with Gasteiger partial charge < -0.3 is 4.74 Å². The summed E-state index contributed by atoms with van der Waals surface area (Å²) in [6.07, 6.45) is 0.742. The van der Waals surface area contributed by atoms with Crippen LogP contribution in [-0.4, -0.2) is 35.3 Å². The fourth-order valence-corrected chi connectivity index (χ4v) is 1.68. The summed E-state index contributed by atoms with van der Waals surface area (Å²) in [5, 5.41) is -1.23. The summed E-state index contributed by atoms with van der Waals surface area (Å²) >= 11 is 0. The smallest absolute Gasteiger partial charge is 0.270 e. The number of halogens is 1. The molecule has 8 heteroatoms. The topological polar surface area (TPSA) is 89.4 Å². The second kappa shape index (κ2) is 4.81. The van der Waals surface area contributed by atoms with Gasteiger partial charge in [0.25, 0.3) is 10.1 Å². The standard InChI is InChI=1S/C8H11FN2O4S/c1-5(16(12,13)14)7(15-2)8-10-3-6(9)4-11-8/h3-5,7H,1-2H3,(H,12,13,14). The van der Waals surface area contributed by atoms with Crippen LogP contribution >= 0.6 is 0 Å². The number of nitrogens with zero attached hydrogens (tertiary/aromatic N) is 2. The van der Waals surface area contributed by atoms with Gasteiger partial charge in [-0.25, -0.2) is 14.4 Å². The van der Waals surface area contributed by atoms with E-state index in [-0.39, 0.29) is 5.82 Å². The quantitative estimate of drug-likeness (QED) is 0.786. The van der Waals surface area contributed by atoms with Gasteiger partial charge in [-0.15, -0.1) is 0 Å². The minimum Gasteiger partial charge on any atom is -0.372 e. The summed E-state index contributed by atoms with van der Waals surface area (Å²) in [6, 6.07) is 0. The van der Waals surface area contributed by atoms with E-state index < -0.39 is 27.3 Å². The van der Waals surface area contributed by atoms with Crippen LogP contribution < -0.4 is 0 Å². The van der Waals surface area contributed by atoms with Crippen LogP contribution in [0, 0.1) is 5.82 Å². The van der Waals surface area contributed by atoms with Crippen molar-refractivity contribution in [2.75, 3.05) is 7.11 Å². The van der Waals surface area contributed by atoms with Crippen molar-refractivity contribution in [3.63, 3.8) is 0 Å². The first-order valence-electron chi connectivity index (χ1n) is 4.32. The van der Waals surface area contributed by atoms with Crippen LogP contribution in [0.15, 0.2) is 12.4 Å². The predicted molar refractivity (Wildman–Crippen MR) is 52.8 cm³/mol. The highest BCUT2D eigenvalue weighted by Gasteiger charge is 2.31. The Kier molecular flexibility index (Phi) is 3.89. The Morgan fingerprint density at radius 1 is 1.44 bits per heavy atom. The molecule has 90 valence electrons. The van der Waals surface area contributed by atoms with E-state index in [1.807, 2.05) is 0 Å². The normalized spacial score (nSPS) is 15.8. The number of hydrogen-bond donors (Lipinski definition) is 1. The highest BCUT2D eigenvalue weighted by atomic mass is 32.2. The number of methoxy groups -OCH3 is 1. The summed E-state index contributed by atoms with van der Waals surface area (Å²) in [4.78, 5) is 7.19. The molecule has 1 heterocycles. The minimum atomic E-state index is -4.27. The van der Waals surface area contributed by atoms with E-state index in [0.29, 0.717) is 0 Å². The molecule has 2 atom stereocenters. The van der Waals surface area contributed by atoms with E-state index in [4.69, 9.17) is 9.29 Å². The summed E-state index contributed by atoms with van der Waals surface area (Å²) in [6.45, 7) is 1.25. The molecule has 0 saturated heterocycles. The lowest BCUT2D eigenvalue weighted by Crippen LogP contribution is -2.27. The van der Waals surface area contributed by atoms with Crippen molar-refractivity contribution >= 4 is 10.1 Å². The number of hydrogen-bond acceptors (Lipinski definition) is 5. The maximum Gasteiger partial charge on any atom is 0.270 e. The lowest BCUT2D eigenvalue weighted by Gasteiger charge is -2.18. The van der Waals surface area contributed by atoms with Gasteiger partial charge in [0, 0.05) is 7.11 Å². The average Bonchev–Trinajstić information content (AvgIpc) is 2.20. The first-order valence-corrected chi connectivity index (χ1v) is 5.83. The van der Waals surface area contributed by atoms with Gasteiger partial charge in [-0.1, -0.05) is 0 Å². The van der Waals surface area contributed by atoms with E-state index in [1.165, 1.54) is 14.0 Å². The molecule has 0 amide bonds. The molecule has 0 aliphatic heterocycles. The Labute approximate surface area is 92.2 Å². The van der Waals surface area contributed by atoms with Crippen molar-refractivity contribution in [1.82, 2.24) is 9.97 Å². The third-order valence-corrected chi connectivity index (χ3v) is 3.23. The molecule has 6 nitrogen and oxygen atoms in total. The van der Waals surface area contributed by atoms with Gasteiger partial charge in [0.1, 0.15) is 11.4 Å². The predicted octanol–water partition coefficient (Wildman–Crippen LogP) is 0.579. The third-order valence-electron chi connectivity index (χ3n) is 2.04. The summed E-state index contributed by atoms with van der Waals surface area (Å²) < 4.78 is 48.1. The third kappa shape index (κ3) is 2.94. The fraction of sp³-hybridized carbons (Fsp3) is 0.500. The van der Waals surface area contributed by atoms with Crippen LogP contribution in [-0.2, 0) is 14.9 Å². The second-order valence-electron chi connectivity index (χ2n) is 3.14. The Bertz CT molecular complexity index is 448. The van der Waals surface area contributed by atoms with E-state index in [9.17, 15) is 12.8 Å². The molecule has 1 rings (SSSR count). The molecule has 0 radical (unpaired) electrons. The Morgan fingerprint density at radius 2 is 1.94 bits per heavy atom. The highest BCUT2D eigenvalue weighted by molar-refractivity contribution is 7.86. The molecule has 0 saturated carbocycles. The zero-order chi connectivity index (χ0) is 12.3. The van der Waals surface area contributed by atoms with Crippen molar-refractivity contribution in [3.05, 3.63) is 24.0 Å². The molecule has 0 fully saturated rings. The van der Waals surface area contributed by atoms with Gasteiger partial charge in [0.2, 0.25) is 0 Å². The Hall–Kier alpha value is -1.12. The number of rotatable bonds is 4. The van der Waals surface area contributed by atoms with Crippen LogP contribution in [0.5, 0.6) is 0 Å². The molecule has 0 aromatic carbocycles. The van der Waals surface area contributed by atoms with Gasteiger partial charge in [0.15, 0.2) is 11.6 Å². The first kappa shape index (κ1) is 12.9. The van der Waals surface area contributed by atoms with Gasteiger partial charge in [-0.05, 0) is 6.92 Å². The maximum atomic E-state index is 12.6. The summed E-state index contributed by atoms with van der Waals surface area (Å²) in [7, 11) is -3.02. The molecule has 2 unspecified atom stereocenters. The van der Waals surface area contributed by atoms with Gasteiger partial charge in [-0.3, -0.25) is 4.55 Å². The summed E-state index contributed by atoms with van der Waals surface area (Å²) in [5.74, 6) is -0.646. The largest absolute Gasteiger partial charge is 0.372 e. The van der Waals surface area contributed by atoms with Crippen LogP contribution in [0.4, 0.5) is 4.39 Å². The molecule has 0 aliphatic rings. The van der Waals surface area contributed by atoms with E-state index in [0.717, 1.165) is 12.4 Å². The van der Waals surface area contributed by atoms with Crippen molar-refractivity contribution in [2.45, 2.75) is 18.3 Å². The first-order chi connectivity index (χ1) is 7.36. The number of aromatic nitrogens is 2. The summed E-state index contributed by atoms with van der Waals surface area (Å²) in [5.41, 5.74) is 0. The fourth-order valence-electron chi connectivity index (χ4n) is 1.13. The van der Waals surface area contributed by atoms with Gasteiger partial charge in [-0.2, -0.15) is 8.42 Å². The maximum absolute atomic E-state index is 12.6. The molecule has 0 spiro atoms. The lowest BCUT2D eigenvalue weighted by molar-refractivity contribution is 0.0926. The number of ether oxygens (including phenoxy) is 1.